The van der Waals surface area contributed by atoms with Crippen molar-refractivity contribution in [3.8, 4) is 22.6 Å². The number of anilines is 1. The van der Waals surface area contributed by atoms with Crippen LogP contribution in [0.4, 0.5) is 5.69 Å². The van der Waals surface area contributed by atoms with Crippen LogP contribution in [0, 0.1) is 13.8 Å². The first kappa shape index (κ1) is 20.8. The fraction of sp³-hybridized carbons (Fsp3) is 0.0800. The van der Waals surface area contributed by atoms with Gasteiger partial charge < -0.3 is 14.7 Å². The van der Waals surface area contributed by atoms with E-state index in [-0.39, 0.29) is 33.5 Å². The van der Waals surface area contributed by atoms with E-state index in [1.807, 2.05) is 24.3 Å². The van der Waals surface area contributed by atoms with Gasteiger partial charge in [0.15, 0.2) is 10.7 Å². The highest BCUT2D eigenvalue weighted by Gasteiger charge is 2.26. The standard InChI is InChI=1S/C25H20N2O5S/c1-14-25(15(2)32-26-14)33(30,31)27-21-13-20(24(29)19-10-6-5-9-18(19)21)23-17-8-4-3-7-16(17)11-12-22(23)28/h3-13,27-29H,1-2H3. The highest BCUT2D eigenvalue weighted by atomic mass is 32.2. The highest BCUT2D eigenvalue weighted by molar-refractivity contribution is 7.92. The zero-order chi connectivity index (χ0) is 23.3. The van der Waals surface area contributed by atoms with Crippen LogP contribution in [0.25, 0.3) is 32.7 Å². The molecule has 0 spiro atoms. The van der Waals surface area contributed by atoms with Crippen LogP contribution in [0.15, 0.2) is 76.1 Å². The lowest BCUT2D eigenvalue weighted by atomic mass is 9.93. The minimum absolute atomic E-state index is 0.0289. The molecular formula is C25H20N2O5S. The van der Waals surface area contributed by atoms with Gasteiger partial charge in [0.2, 0.25) is 0 Å². The molecule has 5 aromatic rings. The minimum Gasteiger partial charge on any atom is -0.507 e. The monoisotopic (exact) mass is 460 g/mol. The van der Waals surface area contributed by atoms with Crippen LogP contribution < -0.4 is 4.72 Å². The number of hydrogen-bond donors (Lipinski definition) is 3. The molecule has 1 heterocycles. The van der Waals surface area contributed by atoms with Gasteiger partial charge in [0.1, 0.15) is 17.2 Å². The molecule has 0 aliphatic carbocycles. The SMILES string of the molecule is Cc1noc(C)c1S(=O)(=O)Nc1cc(-c2c(O)ccc3ccccc23)c(O)c2ccccc12. The van der Waals surface area contributed by atoms with Gasteiger partial charge in [-0.15, -0.1) is 0 Å². The van der Waals surface area contributed by atoms with Gasteiger partial charge in [-0.25, -0.2) is 8.42 Å². The summed E-state index contributed by atoms with van der Waals surface area (Å²) < 4.78 is 34.1. The molecule has 0 atom stereocenters. The van der Waals surface area contributed by atoms with Crippen molar-refractivity contribution in [2.45, 2.75) is 18.7 Å². The molecule has 166 valence electrons. The van der Waals surface area contributed by atoms with Gasteiger partial charge >= 0.3 is 0 Å². The van der Waals surface area contributed by atoms with Gasteiger partial charge in [0.05, 0.1) is 5.69 Å². The lowest BCUT2D eigenvalue weighted by molar-refractivity contribution is 0.390. The van der Waals surface area contributed by atoms with Crippen LogP contribution >= 0.6 is 0 Å². The Morgan fingerprint density at radius 3 is 2.24 bits per heavy atom. The molecule has 0 fully saturated rings. The summed E-state index contributed by atoms with van der Waals surface area (Å²) in [5, 5.41) is 28.2. The molecule has 0 unspecified atom stereocenters. The van der Waals surface area contributed by atoms with Crippen molar-refractivity contribution >= 4 is 37.3 Å². The van der Waals surface area contributed by atoms with E-state index in [9.17, 15) is 18.6 Å². The molecule has 1 aromatic heterocycles. The third-order valence-electron chi connectivity index (χ3n) is 5.67. The van der Waals surface area contributed by atoms with E-state index in [2.05, 4.69) is 9.88 Å². The van der Waals surface area contributed by atoms with Crippen molar-refractivity contribution < 1.29 is 23.2 Å². The van der Waals surface area contributed by atoms with Crippen molar-refractivity contribution in [2.24, 2.45) is 0 Å². The second kappa shape index (κ2) is 7.53. The van der Waals surface area contributed by atoms with Gasteiger partial charge in [0, 0.05) is 21.9 Å². The predicted molar refractivity (Wildman–Crippen MR) is 127 cm³/mol. The Hall–Kier alpha value is -4.04. The molecule has 7 nitrogen and oxygen atoms in total. The molecule has 3 N–H and O–H groups in total. The van der Waals surface area contributed by atoms with E-state index in [1.165, 1.54) is 13.0 Å². The molecule has 33 heavy (non-hydrogen) atoms. The first-order chi connectivity index (χ1) is 15.8. The summed E-state index contributed by atoms with van der Waals surface area (Å²) in [6.45, 7) is 3.09. The maximum absolute atomic E-state index is 13.2. The van der Waals surface area contributed by atoms with Crippen LogP contribution in [0.3, 0.4) is 0 Å². The first-order valence-electron chi connectivity index (χ1n) is 10.2. The number of nitrogens with one attached hydrogen (secondary N) is 1. The number of aromatic nitrogens is 1. The summed E-state index contributed by atoms with van der Waals surface area (Å²) >= 11 is 0. The molecule has 0 radical (unpaired) electrons. The van der Waals surface area contributed by atoms with Crippen LogP contribution in [0.5, 0.6) is 11.5 Å². The lowest BCUT2D eigenvalue weighted by Gasteiger charge is -2.17. The van der Waals surface area contributed by atoms with Crippen LogP contribution in [0.2, 0.25) is 0 Å². The largest absolute Gasteiger partial charge is 0.507 e. The van der Waals surface area contributed by atoms with Crippen molar-refractivity contribution in [3.05, 3.63) is 78.2 Å². The maximum atomic E-state index is 13.2. The number of phenolic OH excluding ortho intramolecular Hbond substituents is 2. The lowest BCUT2D eigenvalue weighted by Crippen LogP contribution is -2.15. The topological polar surface area (TPSA) is 113 Å². The molecule has 0 aliphatic rings. The van der Waals surface area contributed by atoms with Crippen molar-refractivity contribution in [1.29, 1.82) is 0 Å². The van der Waals surface area contributed by atoms with Crippen LogP contribution in [-0.4, -0.2) is 23.8 Å². The number of benzene rings is 4. The Kier molecular flexibility index (Phi) is 4.75. The van der Waals surface area contributed by atoms with E-state index in [4.69, 9.17) is 4.52 Å². The summed E-state index contributed by atoms with van der Waals surface area (Å²) in [5.74, 6) is 0.0892. The summed E-state index contributed by atoms with van der Waals surface area (Å²) in [6, 6.07) is 19.3. The summed E-state index contributed by atoms with van der Waals surface area (Å²) in [5.41, 5.74) is 1.22. The van der Waals surface area contributed by atoms with Crippen LogP contribution in [0.1, 0.15) is 11.5 Å². The highest BCUT2D eigenvalue weighted by Crippen LogP contribution is 2.46. The summed E-state index contributed by atoms with van der Waals surface area (Å²) in [7, 11) is -4.04. The van der Waals surface area contributed by atoms with Crippen molar-refractivity contribution in [2.75, 3.05) is 4.72 Å². The average Bonchev–Trinajstić information content (AvgIpc) is 3.15. The number of rotatable bonds is 4. The smallest absolute Gasteiger partial charge is 0.267 e. The number of aryl methyl sites for hydroxylation is 2. The summed E-state index contributed by atoms with van der Waals surface area (Å²) in [6.07, 6.45) is 0. The fourth-order valence-electron chi connectivity index (χ4n) is 4.23. The van der Waals surface area contributed by atoms with E-state index < -0.39 is 10.0 Å². The molecule has 4 aromatic carbocycles. The third-order valence-corrected chi connectivity index (χ3v) is 7.28. The third kappa shape index (κ3) is 3.35. The van der Waals surface area contributed by atoms with Crippen molar-refractivity contribution in [1.82, 2.24) is 5.16 Å². The predicted octanol–water partition coefficient (Wildman–Crippen LogP) is 5.48. The minimum atomic E-state index is -4.04. The van der Waals surface area contributed by atoms with Gasteiger partial charge in [-0.1, -0.05) is 59.8 Å². The molecular weight excluding hydrogens is 440 g/mol. The first-order valence-corrected chi connectivity index (χ1v) is 11.7. The zero-order valence-electron chi connectivity index (χ0n) is 17.8. The quantitative estimate of drug-likeness (QED) is 0.306. The van der Waals surface area contributed by atoms with E-state index in [0.717, 1.165) is 10.8 Å². The molecule has 0 saturated carbocycles. The number of aromatic hydroxyl groups is 2. The second-order valence-electron chi connectivity index (χ2n) is 7.81. The van der Waals surface area contributed by atoms with Gasteiger partial charge in [0.25, 0.3) is 10.0 Å². The fourth-order valence-corrected chi connectivity index (χ4v) is 5.63. The summed E-state index contributed by atoms with van der Waals surface area (Å²) in [4.78, 5) is -0.0331. The Morgan fingerprint density at radius 1 is 0.879 bits per heavy atom. The van der Waals surface area contributed by atoms with E-state index in [0.29, 0.717) is 21.9 Å². The van der Waals surface area contributed by atoms with E-state index >= 15 is 0 Å². The average molecular weight is 461 g/mol. The Labute approximate surface area is 190 Å². The zero-order valence-corrected chi connectivity index (χ0v) is 18.6. The number of phenols is 2. The molecule has 0 bridgehead atoms. The number of nitrogens with zero attached hydrogens (tertiary/aromatic N) is 1. The molecule has 0 aliphatic heterocycles. The maximum Gasteiger partial charge on any atom is 0.267 e. The molecule has 0 amide bonds. The van der Waals surface area contributed by atoms with Gasteiger partial charge in [-0.3, -0.25) is 4.72 Å². The normalized spacial score (nSPS) is 11.8. The Balaban J connectivity index is 1.80. The number of fused-ring (bicyclic) bond motifs is 2. The Bertz CT molecular complexity index is 1640. The molecule has 5 rings (SSSR count). The Morgan fingerprint density at radius 2 is 1.55 bits per heavy atom. The number of sulfonamides is 1. The second-order valence-corrected chi connectivity index (χ2v) is 9.42. The molecule has 8 heteroatoms. The molecule has 0 saturated heterocycles. The van der Waals surface area contributed by atoms with Crippen LogP contribution in [-0.2, 0) is 10.0 Å². The van der Waals surface area contributed by atoms with Crippen molar-refractivity contribution in [3.63, 3.8) is 0 Å². The number of hydrogen-bond acceptors (Lipinski definition) is 6. The van der Waals surface area contributed by atoms with Gasteiger partial charge in [-0.2, -0.15) is 0 Å². The van der Waals surface area contributed by atoms with Gasteiger partial charge in [-0.05, 0) is 36.8 Å². The van der Waals surface area contributed by atoms with E-state index in [1.54, 1.807) is 43.3 Å².